The fourth-order valence-corrected chi connectivity index (χ4v) is 4.86. The number of amides is 2. The van der Waals surface area contributed by atoms with E-state index in [-0.39, 0.29) is 17.3 Å². The summed E-state index contributed by atoms with van der Waals surface area (Å²) in [5, 5.41) is 8.26. The molecule has 1 N–H and O–H groups in total. The van der Waals surface area contributed by atoms with Crippen LogP contribution < -0.4 is 4.74 Å². The lowest BCUT2D eigenvalue weighted by atomic mass is 10.1. The lowest BCUT2D eigenvalue weighted by molar-refractivity contribution is -0.150. The van der Waals surface area contributed by atoms with Crippen molar-refractivity contribution in [3.63, 3.8) is 0 Å². The number of hydrogen-bond acceptors (Lipinski definition) is 7. The number of benzene rings is 1. The van der Waals surface area contributed by atoms with Crippen molar-refractivity contribution in [3.05, 3.63) is 30.6 Å². The number of carbonyl (C=O) groups is 4. The molecule has 1 heterocycles. The van der Waals surface area contributed by atoms with Gasteiger partial charge in [-0.2, -0.15) is 0 Å². The van der Waals surface area contributed by atoms with Crippen molar-refractivity contribution in [1.29, 1.82) is 0 Å². The van der Waals surface area contributed by atoms with Gasteiger partial charge < -0.3 is 14.6 Å². The van der Waals surface area contributed by atoms with Crippen molar-refractivity contribution in [2.45, 2.75) is 19.9 Å². The number of hydrogen-bond donors (Lipinski definition) is 1. The molecule has 0 unspecified atom stereocenters. The molecule has 1 aliphatic rings. The van der Waals surface area contributed by atoms with Crippen molar-refractivity contribution >= 4 is 79.4 Å². The zero-order valence-corrected chi connectivity index (χ0v) is 19.3. The number of halogens is 2. The van der Waals surface area contributed by atoms with Gasteiger partial charge in [0.15, 0.2) is 6.61 Å². The number of imide groups is 1. The minimum atomic E-state index is -1.15. The number of carboxylic acids is 1. The Labute approximate surface area is 186 Å². The van der Waals surface area contributed by atoms with Gasteiger partial charge in [-0.1, -0.05) is 0 Å². The summed E-state index contributed by atoms with van der Waals surface area (Å²) in [6.45, 7) is 2.62. The fraction of sp³-hybridized carbons (Fsp3) is 0.294. The monoisotopic (exact) mass is 583 g/mol. The van der Waals surface area contributed by atoms with Crippen LogP contribution in [0.25, 0.3) is 6.08 Å². The average Bonchev–Trinajstić information content (AvgIpc) is 2.87. The second-order valence-corrected chi connectivity index (χ2v) is 8.56. The van der Waals surface area contributed by atoms with Gasteiger partial charge in [-0.3, -0.25) is 14.5 Å². The maximum absolute atomic E-state index is 12.7. The first-order chi connectivity index (χ1) is 13.1. The molecule has 0 spiro atoms. The molecule has 1 aliphatic heterocycles. The topological polar surface area (TPSA) is 110 Å². The summed E-state index contributed by atoms with van der Waals surface area (Å²) >= 11 is 6.06. The Hall–Kier alpha value is -1.60. The Morgan fingerprint density at radius 1 is 1.39 bits per heavy atom. The van der Waals surface area contributed by atoms with Crippen LogP contribution in [0.5, 0.6) is 5.75 Å². The fourth-order valence-electron chi connectivity index (χ4n) is 2.30. The zero-order chi connectivity index (χ0) is 21.0. The van der Waals surface area contributed by atoms with Crippen molar-refractivity contribution in [2.75, 3.05) is 13.2 Å². The molecule has 1 aromatic rings. The van der Waals surface area contributed by atoms with E-state index in [0.717, 1.165) is 8.47 Å². The first-order valence-electron chi connectivity index (χ1n) is 7.93. The number of esters is 1. The minimum Gasteiger partial charge on any atom is -0.480 e. The summed E-state index contributed by atoms with van der Waals surface area (Å²) in [5.41, 5.74) is 0.425. The molecule has 0 saturated carbocycles. The highest BCUT2D eigenvalue weighted by atomic mass is 127. The van der Waals surface area contributed by atoms with Crippen LogP contribution >= 0.6 is 50.3 Å². The van der Waals surface area contributed by atoms with Crippen LogP contribution in [0.3, 0.4) is 0 Å². The van der Waals surface area contributed by atoms with Crippen LogP contribution in [0.2, 0.25) is 0 Å². The van der Waals surface area contributed by atoms with Gasteiger partial charge in [0.25, 0.3) is 11.1 Å². The highest BCUT2D eigenvalue weighted by Crippen LogP contribution is 2.38. The molecule has 0 bridgehead atoms. The second-order valence-electron chi connectivity index (χ2n) is 5.47. The number of thioether (sulfide) groups is 1. The van der Waals surface area contributed by atoms with Gasteiger partial charge >= 0.3 is 11.9 Å². The van der Waals surface area contributed by atoms with Gasteiger partial charge in [-0.25, -0.2) is 9.59 Å². The van der Waals surface area contributed by atoms with Gasteiger partial charge in [0.05, 0.1) is 16.0 Å². The first kappa shape index (κ1) is 22.7. The molecule has 2 amide bonds. The molecule has 1 atom stereocenters. The first-order valence-corrected chi connectivity index (χ1v) is 10.6. The zero-order valence-electron chi connectivity index (χ0n) is 14.7. The quantitative estimate of drug-likeness (QED) is 0.295. The summed E-state index contributed by atoms with van der Waals surface area (Å²) in [4.78, 5) is 48.6. The second kappa shape index (κ2) is 9.74. The average molecular weight is 584 g/mol. The molecule has 28 heavy (non-hydrogen) atoms. The van der Waals surface area contributed by atoms with Crippen LogP contribution in [-0.2, 0) is 19.1 Å². The summed E-state index contributed by atoms with van der Waals surface area (Å²) in [6.07, 6.45) is 1.44. The minimum absolute atomic E-state index is 0.0928. The third kappa shape index (κ3) is 5.26. The van der Waals surface area contributed by atoms with Crippen LogP contribution in [0, 0.1) is 3.57 Å². The van der Waals surface area contributed by atoms with Crippen molar-refractivity contribution in [2.24, 2.45) is 0 Å². The van der Waals surface area contributed by atoms with Crippen LogP contribution in [0.1, 0.15) is 19.4 Å². The third-order valence-electron chi connectivity index (χ3n) is 3.50. The van der Waals surface area contributed by atoms with Crippen LogP contribution in [-0.4, -0.2) is 52.3 Å². The van der Waals surface area contributed by atoms with E-state index in [1.54, 1.807) is 19.1 Å². The van der Waals surface area contributed by atoms with E-state index >= 15 is 0 Å². The van der Waals surface area contributed by atoms with Crippen LogP contribution in [0.15, 0.2) is 21.5 Å². The molecule has 2 rings (SSSR count). The molecular weight excluding hydrogens is 569 g/mol. The summed E-state index contributed by atoms with van der Waals surface area (Å²) in [6, 6.07) is 2.36. The van der Waals surface area contributed by atoms with E-state index in [4.69, 9.17) is 14.6 Å². The van der Waals surface area contributed by atoms with Crippen molar-refractivity contribution in [3.8, 4) is 5.75 Å². The number of ether oxygens (including phenoxy) is 2. The Kier molecular flexibility index (Phi) is 7.89. The van der Waals surface area contributed by atoms with Gasteiger partial charge in [-0.15, -0.1) is 0 Å². The molecule has 1 fully saturated rings. The number of aliphatic carboxylic acids is 1. The Morgan fingerprint density at radius 2 is 2.07 bits per heavy atom. The smallest absolute Gasteiger partial charge is 0.341 e. The molecule has 11 heteroatoms. The number of nitrogens with zero attached hydrogens (tertiary/aromatic N) is 1. The Balaban J connectivity index is 2.38. The molecule has 1 aromatic carbocycles. The molecule has 0 aliphatic carbocycles. The lowest BCUT2D eigenvalue weighted by Gasteiger charge is -2.19. The SMILES string of the molecule is CCOC(=O)[C@@H](C)N1C(=O)S/C(=C/c2cc(I)cc(Br)c2OCC(=O)O)C1=O. The number of carboxylic acid groups (broad SMARTS) is 1. The normalized spacial score (nSPS) is 16.4. The van der Waals surface area contributed by atoms with Crippen LogP contribution in [0.4, 0.5) is 4.79 Å². The van der Waals surface area contributed by atoms with E-state index in [1.165, 1.54) is 13.0 Å². The highest BCUT2D eigenvalue weighted by molar-refractivity contribution is 14.1. The number of rotatable bonds is 7. The van der Waals surface area contributed by atoms with Crippen molar-refractivity contribution in [1.82, 2.24) is 4.90 Å². The molecule has 0 aromatic heterocycles. The Bertz CT molecular complexity index is 873. The summed E-state index contributed by atoms with van der Waals surface area (Å²) in [7, 11) is 0. The molecular formula is C17H15BrINO7S. The maximum atomic E-state index is 12.7. The van der Waals surface area contributed by atoms with E-state index in [2.05, 4.69) is 38.5 Å². The molecule has 0 radical (unpaired) electrons. The maximum Gasteiger partial charge on any atom is 0.341 e. The van der Waals surface area contributed by atoms with E-state index in [0.29, 0.717) is 21.8 Å². The Morgan fingerprint density at radius 3 is 2.68 bits per heavy atom. The lowest BCUT2D eigenvalue weighted by Crippen LogP contribution is -2.42. The van der Waals surface area contributed by atoms with E-state index < -0.39 is 35.7 Å². The van der Waals surface area contributed by atoms with Gasteiger partial charge in [0, 0.05) is 9.13 Å². The van der Waals surface area contributed by atoms with Gasteiger partial charge in [-0.05, 0) is 82.3 Å². The van der Waals surface area contributed by atoms with E-state index in [9.17, 15) is 19.2 Å². The predicted molar refractivity (Wildman–Crippen MR) is 114 cm³/mol. The standard InChI is InChI=1S/C17H15BrINO7S/c1-3-26-16(24)8(2)20-15(23)12(28-17(20)25)5-9-4-10(19)6-11(18)14(9)27-7-13(21)22/h4-6,8H,3,7H2,1-2H3,(H,21,22)/b12-5+/t8-/m1/s1. The molecule has 1 saturated heterocycles. The largest absolute Gasteiger partial charge is 0.480 e. The molecule has 8 nitrogen and oxygen atoms in total. The third-order valence-corrected chi connectivity index (χ3v) is 5.60. The summed E-state index contributed by atoms with van der Waals surface area (Å²) < 4.78 is 11.5. The highest BCUT2D eigenvalue weighted by Gasteiger charge is 2.41. The summed E-state index contributed by atoms with van der Waals surface area (Å²) in [5.74, 6) is -2.23. The van der Waals surface area contributed by atoms with Gasteiger partial charge in [0.2, 0.25) is 0 Å². The predicted octanol–water partition coefficient (Wildman–Crippen LogP) is 3.51. The molecule has 150 valence electrons. The van der Waals surface area contributed by atoms with E-state index in [1.807, 2.05) is 0 Å². The number of carbonyl (C=O) groups excluding carboxylic acids is 3. The van der Waals surface area contributed by atoms with Crippen molar-refractivity contribution < 1.29 is 33.8 Å². The van der Waals surface area contributed by atoms with Gasteiger partial charge in [0.1, 0.15) is 11.8 Å².